The summed E-state index contributed by atoms with van der Waals surface area (Å²) < 4.78 is 27.3. The third kappa shape index (κ3) is 3.86. The molecule has 0 saturated carbocycles. The molecule has 26 heavy (non-hydrogen) atoms. The van der Waals surface area contributed by atoms with Crippen LogP contribution in [0.3, 0.4) is 0 Å². The number of nitrogens with zero attached hydrogens (tertiary/aromatic N) is 1. The van der Waals surface area contributed by atoms with E-state index >= 15 is 0 Å². The molecule has 0 bridgehead atoms. The van der Waals surface area contributed by atoms with Crippen molar-refractivity contribution in [1.29, 1.82) is 0 Å². The lowest BCUT2D eigenvalue weighted by atomic mass is 10.1. The van der Waals surface area contributed by atoms with Crippen LogP contribution in [0.15, 0.2) is 47.4 Å². The van der Waals surface area contributed by atoms with Crippen LogP contribution in [0.5, 0.6) is 0 Å². The van der Waals surface area contributed by atoms with E-state index in [2.05, 4.69) is 4.72 Å². The van der Waals surface area contributed by atoms with Crippen LogP contribution in [0.1, 0.15) is 19.3 Å². The molecule has 138 valence electrons. The van der Waals surface area contributed by atoms with Crippen molar-refractivity contribution in [3.8, 4) is 0 Å². The first-order valence-electron chi connectivity index (χ1n) is 8.39. The zero-order valence-electron chi connectivity index (χ0n) is 14.1. The molecule has 7 nitrogen and oxygen atoms in total. The summed E-state index contributed by atoms with van der Waals surface area (Å²) in [6, 6.07) is 11.5. The first-order valence-corrected chi connectivity index (χ1v) is 9.87. The number of benzene rings is 2. The lowest BCUT2D eigenvalue weighted by Crippen LogP contribution is -2.41. The van der Waals surface area contributed by atoms with E-state index in [0.717, 1.165) is 10.8 Å². The van der Waals surface area contributed by atoms with Crippen LogP contribution in [-0.4, -0.2) is 49.4 Å². The number of carboxylic acids is 1. The Labute approximate surface area is 151 Å². The van der Waals surface area contributed by atoms with Gasteiger partial charge in [-0.2, -0.15) is 0 Å². The van der Waals surface area contributed by atoms with Gasteiger partial charge < -0.3 is 10.0 Å². The van der Waals surface area contributed by atoms with Crippen molar-refractivity contribution < 1.29 is 23.1 Å². The Morgan fingerprint density at radius 2 is 1.88 bits per heavy atom. The van der Waals surface area contributed by atoms with Gasteiger partial charge in [-0.05, 0) is 35.7 Å². The van der Waals surface area contributed by atoms with Crippen LogP contribution < -0.4 is 4.72 Å². The molecule has 0 aromatic heterocycles. The summed E-state index contributed by atoms with van der Waals surface area (Å²) in [5.41, 5.74) is 0. The molecule has 1 atom stereocenters. The maximum absolute atomic E-state index is 12.4. The highest BCUT2D eigenvalue weighted by Crippen LogP contribution is 2.20. The van der Waals surface area contributed by atoms with E-state index < -0.39 is 22.0 Å². The Hall–Kier alpha value is -2.45. The fourth-order valence-corrected chi connectivity index (χ4v) is 4.24. The van der Waals surface area contributed by atoms with E-state index in [-0.39, 0.29) is 23.8 Å². The Balaban J connectivity index is 1.62. The molecule has 2 aromatic rings. The average molecular weight is 376 g/mol. The number of nitrogens with one attached hydrogen (secondary N) is 1. The van der Waals surface area contributed by atoms with Gasteiger partial charge in [0.1, 0.15) is 6.04 Å². The Bertz CT molecular complexity index is 942. The Morgan fingerprint density at radius 3 is 2.62 bits per heavy atom. The quantitative estimate of drug-likeness (QED) is 0.797. The van der Waals surface area contributed by atoms with Crippen molar-refractivity contribution in [3.05, 3.63) is 42.5 Å². The van der Waals surface area contributed by atoms with Crippen molar-refractivity contribution >= 4 is 32.7 Å². The van der Waals surface area contributed by atoms with Crippen LogP contribution >= 0.6 is 0 Å². The van der Waals surface area contributed by atoms with Gasteiger partial charge in [0, 0.05) is 19.5 Å². The van der Waals surface area contributed by atoms with Crippen molar-refractivity contribution in [2.24, 2.45) is 0 Å². The minimum Gasteiger partial charge on any atom is -0.480 e. The van der Waals surface area contributed by atoms with E-state index in [1.807, 2.05) is 24.3 Å². The van der Waals surface area contributed by atoms with Gasteiger partial charge in [0.15, 0.2) is 0 Å². The van der Waals surface area contributed by atoms with Crippen LogP contribution in [-0.2, 0) is 19.6 Å². The molecule has 1 aliphatic rings. The Morgan fingerprint density at radius 1 is 1.15 bits per heavy atom. The predicted molar refractivity (Wildman–Crippen MR) is 96.1 cm³/mol. The number of aliphatic carboxylic acids is 1. The zero-order chi connectivity index (χ0) is 18.7. The third-order valence-corrected chi connectivity index (χ3v) is 5.98. The molecule has 1 unspecified atom stereocenters. The number of likely N-dealkylation sites (tertiary alicyclic amines) is 1. The minimum atomic E-state index is -3.74. The van der Waals surface area contributed by atoms with E-state index in [0.29, 0.717) is 19.4 Å². The van der Waals surface area contributed by atoms with Crippen molar-refractivity contribution in [2.45, 2.75) is 30.2 Å². The van der Waals surface area contributed by atoms with Gasteiger partial charge in [0.05, 0.1) is 4.90 Å². The smallest absolute Gasteiger partial charge is 0.326 e. The zero-order valence-corrected chi connectivity index (χ0v) is 14.9. The normalized spacial score (nSPS) is 17.5. The monoisotopic (exact) mass is 376 g/mol. The lowest BCUT2D eigenvalue weighted by Gasteiger charge is -2.21. The summed E-state index contributed by atoms with van der Waals surface area (Å²) in [6.45, 7) is 0.323. The highest BCUT2D eigenvalue weighted by atomic mass is 32.2. The summed E-state index contributed by atoms with van der Waals surface area (Å²) in [7, 11) is -3.74. The van der Waals surface area contributed by atoms with Crippen molar-refractivity contribution in [3.63, 3.8) is 0 Å². The summed E-state index contributed by atoms with van der Waals surface area (Å²) >= 11 is 0. The first kappa shape index (κ1) is 18.3. The van der Waals surface area contributed by atoms with E-state index in [4.69, 9.17) is 5.11 Å². The predicted octanol–water partition coefficient (Wildman–Crippen LogP) is 1.58. The molecule has 0 spiro atoms. The standard InChI is InChI=1S/C18H20N2O5S/c21-17(20-11-3-6-16(20)18(22)23)9-10-19-26(24,25)15-8-7-13-4-1-2-5-14(13)12-15/h1-2,4-5,7-8,12,16,19H,3,6,9-11H2,(H,22,23). The van der Waals surface area contributed by atoms with E-state index in [1.54, 1.807) is 12.1 Å². The second kappa shape index (κ2) is 7.43. The number of hydrogen-bond acceptors (Lipinski definition) is 4. The maximum Gasteiger partial charge on any atom is 0.326 e. The largest absolute Gasteiger partial charge is 0.480 e. The number of carbonyl (C=O) groups is 2. The summed E-state index contributed by atoms with van der Waals surface area (Å²) in [6.07, 6.45) is 1.01. The summed E-state index contributed by atoms with van der Waals surface area (Å²) in [5.74, 6) is -1.37. The van der Waals surface area contributed by atoms with Crippen LogP contribution in [0.25, 0.3) is 10.8 Å². The number of amides is 1. The molecule has 2 aromatic carbocycles. The van der Waals surface area contributed by atoms with E-state index in [9.17, 15) is 18.0 Å². The molecule has 0 radical (unpaired) electrons. The van der Waals surface area contributed by atoms with Crippen LogP contribution in [0.4, 0.5) is 0 Å². The maximum atomic E-state index is 12.4. The van der Waals surface area contributed by atoms with Gasteiger partial charge in [0.2, 0.25) is 15.9 Å². The number of carbonyl (C=O) groups excluding carboxylic acids is 1. The lowest BCUT2D eigenvalue weighted by molar-refractivity contribution is -0.148. The van der Waals surface area contributed by atoms with Crippen molar-refractivity contribution in [1.82, 2.24) is 9.62 Å². The SMILES string of the molecule is O=C(O)C1CCCN1C(=O)CCNS(=O)(=O)c1ccc2ccccc2c1. The number of sulfonamides is 1. The second-order valence-electron chi connectivity index (χ2n) is 6.24. The molecule has 2 N–H and O–H groups in total. The number of fused-ring (bicyclic) bond motifs is 1. The van der Waals surface area contributed by atoms with Crippen molar-refractivity contribution in [2.75, 3.05) is 13.1 Å². The molecule has 1 heterocycles. The van der Waals surface area contributed by atoms with Crippen LogP contribution in [0, 0.1) is 0 Å². The van der Waals surface area contributed by atoms with Gasteiger partial charge in [-0.3, -0.25) is 4.79 Å². The molecule has 1 amide bonds. The average Bonchev–Trinajstić information content (AvgIpc) is 3.11. The molecule has 1 aliphatic heterocycles. The number of hydrogen-bond donors (Lipinski definition) is 2. The highest BCUT2D eigenvalue weighted by molar-refractivity contribution is 7.89. The highest BCUT2D eigenvalue weighted by Gasteiger charge is 2.33. The van der Waals surface area contributed by atoms with Crippen LogP contribution in [0.2, 0.25) is 0 Å². The molecule has 1 fully saturated rings. The van der Waals surface area contributed by atoms with Gasteiger partial charge in [0.25, 0.3) is 0 Å². The van der Waals surface area contributed by atoms with E-state index in [1.165, 1.54) is 11.0 Å². The fourth-order valence-electron chi connectivity index (χ4n) is 3.18. The topological polar surface area (TPSA) is 104 Å². The molecule has 8 heteroatoms. The molecule has 3 rings (SSSR count). The molecule has 1 saturated heterocycles. The van der Waals surface area contributed by atoms with Gasteiger partial charge in [-0.15, -0.1) is 0 Å². The minimum absolute atomic E-state index is 0.0726. The molecule has 0 aliphatic carbocycles. The molecular weight excluding hydrogens is 356 g/mol. The fraction of sp³-hybridized carbons (Fsp3) is 0.333. The van der Waals surface area contributed by atoms with Gasteiger partial charge in [-0.1, -0.05) is 30.3 Å². The third-order valence-electron chi connectivity index (χ3n) is 4.52. The number of rotatable bonds is 6. The van der Waals surface area contributed by atoms with Gasteiger partial charge in [-0.25, -0.2) is 17.9 Å². The summed E-state index contributed by atoms with van der Waals surface area (Å²) in [5, 5.41) is 10.9. The summed E-state index contributed by atoms with van der Waals surface area (Å²) in [4.78, 5) is 24.8. The number of carboxylic acid groups (broad SMARTS) is 1. The van der Waals surface area contributed by atoms with Gasteiger partial charge >= 0.3 is 5.97 Å². The molecular formula is C18H20N2O5S. The first-order chi connectivity index (χ1) is 12.4. The second-order valence-corrected chi connectivity index (χ2v) is 8.01. The Kier molecular flexibility index (Phi) is 5.24.